The Kier molecular flexibility index (Phi) is 6.76. The molecule has 0 bridgehead atoms. The molecule has 4 aromatic rings. The molecule has 1 saturated heterocycles. The zero-order valence-electron chi connectivity index (χ0n) is 21.1. The minimum Gasteiger partial charge on any atom is -0.496 e. The lowest BCUT2D eigenvalue weighted by molar-refractivity contribution is 0.416. The molecule has 36 heavy (non-hydrogen) atoms. The van der Waals surface area contributed by atoms with Gasteiger partial charge in [-0.05, 0) is 54.8 Å². The monoisotopic (exact) mass is 480 g/mol. The number of rotatable bonds is 6. The Morgan fingerprint density at radius 2 is 1.61 bits per heavy atom. The summed E-state index contributed by atoms with van der Waals surface area (Å²) in [5, 5.41) is 4.75. The van der Waals surface area contributed by atoms with Crippen LogP contribution < -0.4 is 20.1 Å². The van der Waals surface area contributed by atoms with E-state index >= 15 is 0 Å². The van der Waals surface area contributed by atoms with E-state index < -0.39 is 0 Å². The van der Waals surface area contributed by atoms with Gasteiger partial charge < -0.3 is 14.5 Å². The molecule has 1 aromatic heterocycles. The van der Waals surface area contributed by atoms with Gasteiger partial charge in [0, 0.05) is 43.5 Å². The number of para-hydroxylation sites is 1. The fourth-order valence-electron chi connectivity index (χ4n) is 4.88. The number of methoxy groups -OCH3 is 1. The predicted octanol–water partition coefficient (Wildman–Crippen LogP) is 4.91. The summed E-state index contributed by atoms with van der Waals surface area (Å²) in [5.74, 6) is 1.65. The van der Waals surface area contributed by atoms with Gasteiger partial charge in [-0.1, -0.05) is 54.1 Å². The average Bonchev–Trinajstić information content (AvgIpc) is 2.90. The van der Waals surface area contributed by atoms with E-state index in [1.165, 1.54) is 16.8 Å². The smallest absolute Gasteiger partial charge is 0.267 e. The first-order chi connectivity index (χ1) is 17.5. The minimum absolute atomic E-state index is 0.106. The minimum atomic E-state index is -0.106. The van der Waals surface area contributed by atoms with Crippen LogP contribution in [-0.2, 0) is 6.54 Å². The summed E-state index contributed by atoms with van der Waals surface area (Å²) < 4.78 is 7.18. The lowest BCUT2D eigenvalue weighted by atomic mass is 10.00. The van der Waals surface area contributed by atoms with Crippen molar-refractivity contribution in [3.63, 3.8) is 0 Å². The lowest BCUT2D eigenvalue weighted by Gasteiger charge is -2.37. The molecule has 6 heteroatoms. The van der Waals surface area contributed by atoms with Gasteiger partial charge in [-0.15, -0.1) is 0 Å². The van der Waals surface area contributed by atoms with Crippen LogP contribution in [0.5, 0.6) is 5.75 Å². The molecule has 0 amide bonds. The van der Waals surface area contributed by atoms with E-state index in [9.17, 15) is 4.79 Å². The van der Waals surface area contributed by atoms with Crippen molar-refractivity contribution in [1.29, 1.82) is 0 Å². The van der Waals surface area contributed by atoms with E-state index in [0.717, 1.165) is 54.4 Å². The predicted molar refractivity (Wildman–Crippen MR) is 146 cm³/mol. The van der Waals surface area contributed by atoms with E-state index in [0.29, 0.717) is 6.54 Å². The number of hydrogen-bond acceptors (Lipinski definition) is 5. The van der Waals surface area contributed by atoms with Crippen LogP contribution in [0.15, 0.2) is 83.7 Å². The SMILES string of the molecule is COc1ccc(Cn2nc(N3CCN(c4ccccc4C)CC3)ccc2=O)cc1-c1cccc(C)c1. The summed E-state index contributed by atoms with van der Waals surface area (Å²) in [6.45, 7) is 8.20. The van der Waals surface area contributed by atoms with Crippen molar-refractivity contribution < 1.29 is 4.74 Å². The second-order valence-electron chi connectivity index (χ2n) is 9.35. The van der Waals surface area contributed by atoms with Crippen molar-refractivity contribution in [3.8, 4) is 16.9 Å². The van der Waals surface area contributed by atoms with E-state index in [1.54, 1.807) is 17.9 Å². The van der Waals surface area contributed by atoms with Crippen LogP contribution in [0, 0.1) is 13.8 Å². The van der Waals surface area contributed by atoms with Crippen LogP contribution in [0.1, 0.15) is 16.7 Å². The highest BCUT2D eigenvalue weighted by molar-refractivity contribution is 5.71. The van der Waals surface area contributed by atoms with Crippen LogP contribution in [0.4, 0.5) is 11.5 Å². The molecule has 0 radical (unpaired) electrons. The largest absolute Gasteiger partial charge is 0.496 e. The van der Waals surface area contributed by atoms with Crippen LogP contribution in [0.3, 0.4) is 0 Å². The number of hydrogen-bond donors (Lipinski definition) is 0. The fraction of sp³-hybridized carbons (Fsp3) is 0.267. The first kappa shape index (κ1) is 23.7. The van der Waals surface area contributed by atoms with Crippen molar-refractivity contribution in [2.75, 3.05) is 43.1 Å². The summed E-state index contributed by atoms with van der Waals surface area (Å²) in [7, 11) is 1.68. The summed E-state index contributed by atoms with van der Waals surface area (Å²) in [5.41, 5.74) is 6.77. The molecule has 5 rings (SSSR count). The highest BCUT2D eigenvalue weighted by atomic mass is 16.5. The van der Waals surface area contributed by atoms with Gasteiger partial charge in [0.25, 0.3) is 5.56 Å². The Morgan fingerprint density at radius 3 is 2.36 bits per heavy atom. The zero-order chi connectivity index (χ0) is 25.1. The van der Waals surface area contributed by atoms with Gasteiger partial charge in [0.15, 0.2) is 0 Å². The highest BCUT2D eigenvalue weighted by Gasteiger charge is 2.20. The van der Waals surface area contributed by atoms with E-state index in [4.69, 9.17) is 9.84 Å². The van der Waals surface area contributed by atoms with Gasteiger partial charge in [0.1, 0.15) is 11.6 Å². The Labute approximate surface area is 212 Å². The Hall–Kier alpha value is -4.06. The van der Waals surface area contributed by atoms with Crippen molar-refractivity contribution in [1.82, 2.24) is 9.78 Å². The van der Waals surface area contributed by atoms with E-state index in [-0.39, 0.29) is 5.56 Å². The highest BCUT2D eigenvalue weighted by Crippen LogP contribution is 2.31. The van der Waals surface area contributed by atoms with Crippen molar-refractivity contribution in [3.05, 3.63) is 106 Å². The fourth-order valence-corrected chi connectivity index (χ4v) is 4.88. The van der Waals surface area contributed by atoms with Crippen LogP contribution in [0.25, 0.3) is 11.1 Å². The molecule has 0 saturated carbocycles. The molecule has 1 aliphatic heterocycles. The molecule has 0 N–H and O–H groups in total. The number of nitrogens with zero attached hydrogens (tertiary/aromatic N) is 4. The molecule has 2 heterocycles. The summed E-state index contributed by atoms with van der Waals surface area (Å²) >= 11 is 0. The van der Waals surface area contributed by atoms with Gasteiger partial charge in [0.05, 0.1) is 13.7 Å². The van der Waals surface area contributed by atoms with Crippen LogP contribution in [0.2, 0.25) is 0 Å². The standard InChI is InChI=1S/C30H32N4O2/c1-22-7-6-9-25(19-22)26-20-24(11-12-28(26)36-3)21-34-30(35)14-13-29(31-34)33-17-15-32(16-18-33)27-10-5-4-8-23(27)2/h4-14,19-20H,15-18,21H2,1-3H3. The Bertz CT molecular complexity index is 1420. The van der Waals surface area contributed by atoms with Crippen molar-refractivity contribution in [2.45, 2.75) is 20.4 Å². The molecule has 0 atom stereocenters. The summed E-state index contributed by atoms with van der Waals surface area (Å²) in [4.78, 5) is 17.4. The number of anilines is 2. The lowest BCUT2D eigenvalue weighted by Crippen LogP contribution is -2.47. The van der Waals surface area contributed by atoms with E-state index in [1.807, 2.05) is 24.3 Å². The Morgan fingerprint density at radius 1 is 0.833 bits per heavy atom. The van der Waals surface area contributed by atoms with Gasteiger partial charge in [-0.2, -0.15) is 5.10 Å². The van der Waals surface area contributed by atoms with Crippen molar-refractivity contribution in [2.24, 2.45) is 0 Å². The van der Waals surface area contributed by atoms with Crippen LogP contribution >= 0.6 is 0 Å². The number of piperazine rings is 1. The summed E-state index contributed by atoms with van der Waals surface area (Å²) in [6.07, 6.45) is 0. The first-order valence-corrected chi connectivity index (χ1v) is 12.4. The molecule has 1 fully saturated rings. The molecule has 1 aliphatic rings. The van der Waals surface area contributed by atoms with Gasteiger partial charge >= 0.3 is 0 Å². The van der Waals surface area contributed by atoms with Crippen molar-refractivity contribution >= 4 is 11.5 Å². The summed E-state index contributed by atoms with van der Waals surface area (Å²) in [6, 6.07) is 26.4. The Balaban J connectivity index is 1.35. The number of ether oxygens (including phenoxy) is 1. The third-order valence-electron chi connectivity index (χ3n) is 6.84. The molecule has 0 unspecified atom stereocenters. The number of benzene rings is 3. The topological polar surface area (TPSA) is 50.6 Å². The molecular formula is C30H32N4O2. The number of aryl methyl sites for hydroxylation is 2. The van der Waals surface area contributed by atoms with Gasteiger partial charge in [-0.3, -0.25) is 4.79 Å². The molecule has 0 aliphatic carbocycles. The first-order valence-electron chi connectivity index (χ1n) is 12.4. The normalized spacial score (nSPS) is 13.6. The molecule has 0 spiro atoms. The third kappa shape index (κ3) is 4.98. The third-order valence-corrected chi connectivity index (χ3v) is 6.84. The maximum Gasteiger partial charge on any atom is 0.267 e. The molecule has 184 valence electrons. The second kappa shape index (κ2) is 10.3. The van der Waals surface area contributed by atoms with Gasteiger partial charge in [0.2, 0.25) is 0 Å². The maximum absolute atomic E-state index is 12.7. The quantitative estimate of drug-likeness (QED) is 0.393. The number of aromatic nitrogens is 2. The molecule has 6 nitrogen and oxygen atoms in total. The molecule has 3 aromatic carbocycles. The maximum atomic E-state index is 12.7. The molecular weight excluding hydrogens is 448 g/mol. The second-order valence-corrected chi connectivity index (χ2v) is 9.35. The van der Waals surface area contributed by atoms with E-state index in [2.05, 4.69) is 72.2 Å². The van der Waals surface area contributed by atoms with Gasteiger partial charge in [-0.25, -0.2) is 4.68 Å². The zero-order valence-corrected chi connectivity index (χ0v) is 21.1. The van der Waals surface area contributed by atoms with Crippen LogP contribution in [-0.4, -0.2) is 43.1 Å². The average molecular weight is 481 g/mol.